The molecular weight excluding hydrogens is 318 g/mol. The van der Waals surface area contributed by atoms with Crippen LogP contribution in [-0.2, 0) is 9.59 Å². The second kappa shape index (κ2) is 8.33. The number of hydrogen-bond acceptors (Lipinski definition) is 6. The lowest BCUT2D eigenvalue weighted by atomic mass is 10.2. The lowest BCUT2D eigenvalue weighted by Gasteiger charge is -2.03. The van der Waals surface area contributed by atoms with E-state index in [0.29, 0.717) is 11.8 Å². The van der Waals surface area contributed by atoms with Crippen LogP contribution in [0.5, 0.6) is 5.75 Å². The third-order valence-electron chi connectivity index (χ3n) is 2.84. The van der Waals surface area contributed by atoms with E-state index in [1.807, 2.05) is 31.2 Å². The number of hydrogen-bond donors (Lipinski definition) is 2. The van der Waals surface area contributed by atoms with E-state index >= 15 is 0 Å². The van der Waals surface area contributed by atoms with Crippen LogP contribution in [0.15, 0.2) is 34.5 Å². The summed E-state index contributed by atoms with van der Waals surface area (Å²) in [7, 11) is 0. The number of ether oxygens (including phenoxy) is 1. The van der Waals surface area contributed by atoms with Gasteiger partial charge in [0, 0.05) is 0 Å². The smallest absolute Gasteiger partial charge is 0.305 e. The van der Waals surface area contributed by atoms with Crippen molar-refractivity contribution in [2.45, 2.75) is 25.0 Å². The fourth-order valence-corrected chi connectivity index (χ4v) is 2.68. The van der Waals surface area contributed by atoms with Crippen LogP contribution in [0.2, 0.25) is 0 Å². The lowest BCUT2D eigenvalue weighted by molar-refractivity contribution is -0.138. The van der Waals surface area contributed by atoms with Crippen LogP contribution in [0, 0.1) is 0 Å². The summed E-state index contributed by atoms with van der Waals surface area (Å²) in [6.45, 7) is 2.72. The molecule has 1 amide bonds. The summed E-state index contributed by atoms with van der Waals surface area (Å²) in [5.41, 5.74) is 0.842. The predicted molar refractivity (Wildman–Crippen MR) is 89.0 cm³/mol. The molecule has 0 spiro atoms. The summed E-state index contributed by atoms with van der Waals surface area (Å²) < 4.78 is 5.48. The van der Waals surface area contributed by atoms with Crippen molar-refractivity contribution in [2.24, 2.45) is 10.2 Å². The molecule has 0 aliphatic carbocycles. The van der Waals surface area contributed by atoms with Gasteiger partial charge in [0.05, 0.1) is 19.2 Å². The average molecular weight is 335 g/mol. The second-order valence-electron chi connectivity index (χ2n) is 4.76. The van der Waals surface area contributed by atoms with Gasteiger partial charge in [-0.15, -0.1) is 5.10 Å². The van der Waals surface area contributed by atoms with Gasteiger partial charge in [-0.2, -0.15) is 5.10 Å². The summed E-state index contributed by atoms with van der Waals surface area (Å²) in [4.78, 5) is 22.2. The van der Waals surface area contributed by atoms with Crippen LogP contribution in [-0.4, -0.2) is 40.2 Å². The molecule has 0 unspecified atom stereocenters. The molecule has 1 aliphatic heterocycles. The monoisotopic (exact) mass is 335 g/mol. The Morgan fingerprint density at radius 1 is 1.43 bits per heavy atom. The highest BCUT2D eigenvalue weighted by molar-refractivity contribution is 8.15. The van der Waals surface area contributed by atoms with Gasteiger partial charge in [-0.25, -0.2) is 0 Å². The minimum atomic E-state index is -1.02. The lowest BCUT2D eigenvalue weighted by Crippen LogP contribution is -2.26. The molecule has 0 bridgehead atoms. The Labute approximate surface area is 137 Å². The number of carboxylic acid groups (broad SMARTS) is 1. The van der Waals surface area contributed by atoms with Crippen LogP contribution in [0.25, 0.3) is 0 Å². The third kappa shape index (κ3) is 5.41. The Morgan fingerprint density at radius 2 is 2.17 bits per heavy atom. The Hall–Kier alpha value is -2.35. The molecule has 0 radical (unpaired) electrons. The number of amidine groups is 1. The number of rotatable bonds is 7. The van der Waals surface area contributed by atoms with Gasteiger partial charge in [-0.05, 0) is 36.2 Å². The fraction of sp³-hybridized carbons (Fsp3) is 0.333. The van der Waals surface area contributed by atoms with Gasteiger partial charge in [0.1, 0.15) is 11.0 Å². The normalized spacial score (nSPS) is 19.3. The van der Waals surface area contributed by atoms with Crippen LogP contribution >= 0.6 is 11.8 Å². The van der Waals surface area contributed by atoms with Gasteiger partial charge >= 0.3 is 5.97 Å². The molecule has 1 heterocycles. The number of carboxylic acids is 1. The first-order valence-electron chi connectivity index (χ1n) is 7.11. The number of carbonyl (C=O) groups is 2. The van der Waals surface area contributed by atoms with Crippen molar-refractivity contribution >= 4 is 35.0 Å². The topological polar surface area (TPSA) is 100 Å². The van der Waals surface area contributed by atoms with E-state index in [9.17, 15) is 9.59 Å². The number of nitrogens with zero attached hydrogens (tertiary/aromatic N) is 2. The van der Waals surface area contributed by atoms with Gasteiger partial charge in [-0.3, -0.25) is 9.59 Å². The maximum atomic E-state index is 11.5. The number of thioether (sulfide) groups is 1. The molecule has 0 saturated carbocycles. The molecule has 23 heavy (non-hydrogen) atoms. The second-order valence-corrected chi connectivity index (χ2v) is 5.95. The van der Waals surface area contributed by atoms with Gasteiger partial charge in [0.2, 0.25) is 5.91 Å². The summed E-state index contributed by atoms with van der Waals surface area (Å²) >= 11 is 1.07. The minimum Gasteiger partial charge on any atom is -0.494 e. The summed E-state index contributed by atoms with van der Waals surface area (Å²) in [5.74, 6) is -0.581. The maximum absolute atomic E-state index is 11.5. The van der Waals surface area contributed by atoms with Gasteiger partial charge in [0.15, 0.2) is 5.17 Å². The van der Waals surface area contributed by atoms with E-state index < -0.39 is 11.2 Å². The van der Waals surface area contributed by atoms with E-state index in [-0.39, 0.29) is 12.3 Å². The van der Waals surface area contributed by atoms with Crippen molar-refractivity contribution in [1.82, 2.24) is 5.32 Å². The highest BCUT2D eigenvalue weighted by Crippen LogP contribution is 2.22. The molecule has 1 aromatic rings. The Kier molecular flexibility index (Phi) is 6.16. The fourth-order valence-electron chi connectivity index (χ4n) is 1.76. The highest BCUT2D eigenvalue weighted by atomic mass is 32.2. The summed E-state index contributed by atoms with van der Waals surface area (Å²) in [6, 6.07) is 7.39. The molecule has 1 fully saturated rings. The molecule has 2 N–H and O–H groups in total. The zero-order chi connectivity index (χ0) is 16.7. The zero-order valence-electron chi connectivity index (χ0n) is 12.6. The van der Waals surface area contributed by atoms with Crippen molar-refractivity contribution in [3.63, 3.8) is 0 Å². The molecule has 7 nitrogen and oxygen atoms in total. The van der Waals surface area contributed by atoms with Crippen molar-refractivity contribution in [3.05, 3.63) is 29.8 Å². The Balaban J connectivity index is 1.90. The molecule has 1 aromatic carbocycles. The maximum Gasteiger partial charge on any atom is 0.305 e. The number of benzene rings is 1. The number of aliphatic carboxylic acids is 1. The molecule has 0 aromatic heterocycles. The quantitative estimate of drug-likeness (QED) is 0.585. The first-order chi connectivity index (χ1) is 11.1. The highest BCUT2D eigenvalue weighted by Gasteiger charge is 2.32. The number of carbonyl (C=O) groups excluding carboxylic acids is 1. The van der Waals surface area contributed by atoms with E-state index in [4.69, 9.17) is 9.84 Å². The molecular formula is C15H17N3O4S. The summed E-state index contributed by atoms with van der Waals surface area (Å²) in [5, 5.41) is 18.7. The average Bonchev–Trinajstić information content (AvgIpc) is 2.86. The number of amides is 1. The minimum absolute atomic E-state index is 0.238. The third-order valence-corrected chi connectivity index (χ3v) is 3.92. The molecule has 1 saturated heterocycles. The van der Waals surface area contributed by atoms with Gasteiger partial charge in [-0.1, -0.05) is 18.7 Å². The van der Waals surface area contributed by atoms with Crippen molar-refractivity contribution < 1.29 is 19.4 Å². The van der Waals surface area contributed by atoms with E-state index in [0.717, 1.165) is 29.5 Å². The van der Waals surface area contributed by atoms with Crippen LogP contribution in [0.1, 0.15) is 25.3 Å². The predicted octanol–water partition coefficient (Wildman–Crippen LogP) is 1.87. The SMILES string of the molecule is CCCOc1ccc(C=N/N=C2/NC(=O)[C@@H](CC(=O)O)S2)cc1. The van der Waals surface area contributed by atoms with Gasteiger partial charge in [0.25, 0.3) is 0 Å². The zero-order valence-corrected chi connectivity index (χ0v) is 13.4. The molecule has 1 atom stereocenters. The Bertz CT molecular complexity index is 628. The van der Waals surface area contributed by atoms with Crippen LogP contribution < -0.4 is 10.1 Å². The van der Waals surface area contributed by atoms with Crippen LogP contribution in [0.3, 0.4) is 0 Å². The first-order valence-corrected chi connectivity index (χ1v) is 7.99. The summed E-state index contributed by atoms with van der Waals surface area (Å²) in [6.07, 6.45) is 2.26. The molecule has 2 rings (SSSR count). The van der Waals surface area contributed by atoms with E-state index in [2.05, 4.69) is 15.5 Å². The van der Waals surface area contributed by atoms with Gasteiger partial charge < -0.3 is 15.2 Å². The molecule has 1 aliphatic rings. The van der Waals surface area contributed by atoms with Crippen LogP contribution in [0.4, 0.5) is 0 Å². The van der Waals surface area contributed by atoms with Crippen molar-refractivity contribution in [3.8, 4) is 5.75 Å². The van der Waals surface area contributed by atoms with Crippen molar-refractivity contribution in [1.29, 1.82) is 0 Å². The van der Waals surface area contributed by atoms with E-state index in [1.54, 1.807) is 6.21 Å². The largest absolute Gasteiger partial charge is 0.494 e. The number of nitrogens with one attached hydrogen (secondary N) is 1. The van der Waals surface area contributed by atoms with Crippen molar-refractivity contribution in [2.75, 3.05) is 6.61 Å². The molecule has 122 valence electrons. The molecule has 8 heteroatoms. The standard InChI is InChI=1S/C15H17N3O4S/c1-2-7-22-11-5-3-10(4-6-11)9-16-18-15-17-14(21)12(23-15)8-13(19)20/h3-6,9,12H,2,7-8H2,1H3,(H,19,20)(H,17,18,21)/t12-/m1/s1. The Morgan fingerprint density at radius 3 is 2.83 bits per heavy atom. The van der Waals surface area contributed by atoms with E-state index in [1.165, 1.54) is 0 Å². The first kappa shape index (κ1) is 17.0.